The van der Waals surface area contributed by atoms with Gasteiger partial charge in [-0.05, 0) is 6.92 Å². The zero-order valence-electron chi connectivity index (χ0n) is 10.5. The molecule has 0 aliphatic heterocycles. The molecule has 0 bridgehead atoms. The Morgan fingerprint density at radius 1 is 1.58 bits per heavy atom. The van der Waals surface area contributed by atoms with E-state index in [0.717, 1.165) is 11.3 Å². The molecule has 0 aromatic carbocycles. The predicted molar refractivity (Wildman–Crippen MR) is 72.2 cm³/mol. The fraction of sp³-hybridized carbons (Fsp3) is 0.250. The Morgan fingerprint density at radius 3 is 2.95 bits per heavy atom. The second-order valence-electron chi connectivity index (χ2n) is 3.59. The Balaban J connectivity index is 2.58. The fourth-order valence-electron chi connectivity index (χ4n) is 1.59. The van der Waals surface area contributed by atoms with E-state index < -0.39 is 11.5 Å². The van der Waals surface area contributed by atoms with Crippen molar-refractivity contribution in [3.63, 3.8) is 0 Å². The lowest BCUT2D eigenvalue weighted by Crippen LogP contribution is -2.14. The van der Waals surface area contributed by atoms with Gasteiger partial charge >= 0.3 is 5.97 Å². The summed E-state index contributed by atoms with van der Waals surface area (Å²) in [5.74, 6) is -0.00966. The molecule has 0 saturated carbocycles. The number of fused-ring (bicyclic) bond motifs is 1. The summed E-state index contributed by atoms with van der Waals surface area (Å²) in [4.78, 5) is 30.5. The molecule has 2 heterocycles. The van der Waals surface area contributed by atoms with Crippen LogP contribution in [0, 0.1) is 0 Å². The van der Waals surface area contributed by atoms with Crippen molar-refractivity contribution in [1.29, 1.82) is 0 Å². The van der Waals surface area contributed by atoms with Gasteiger partial charge < -0.3 is 14.5 Å². The van der Waals surface area contributed by atoms with E-state index >= 15 is 0 Å². The number of rotatable bonds is 4. The Morgan fingerprint density at radius 2 is 2.32 bits per heavy atom. The van der Waals surface area contributed by atoms with E-state index in [0.29, 0.717) is 12.1 Å². The molecule has 0 radical (unpaired) electrons. The van der Waals surface area contributed by atoms with Crippen LogP contribution in [0.15, 0.2) is 16.8 Å². The van der Waals surface area contributed by atoms with E-state index in [9.17, 15) is 9.59 Å². The van der Waals surface area contributed by atoms with E-state index in [1.165, 1.54) is 7.11 Å². The summed E-state index contributed by atoms with van der Waals surface area (Å²) in [6, 6.07) is 0. The van der Waals surface area contributed by atoms with Crippen LogP contribution in [0.3, 0.4) is 0 Å². The van der Waals surface area contributed by atoms with Crippen molar-refractivity contribution in [3.05, 3.63) is 33.0 Å². The lowest BCUT2D eigenvalue weighted by atomic mass is 10.3. The minimum absolute atomic E-state index is 0.227. The maximum atomic E-state index is 12.0. The molecule has 0 spiro atoms. The normalized spacial score (nSPS) is 10.4. The van der Waals surface area contributed by atoms with Gasteiger partial charge in [0.2, 0.25) is 0 Å². The number of nitrogens with zero attached hydrogens (tertiary/aromatic N) is 1. The number of methoxy groups -OCH3 is 1. The molecule has 1 N–H and O–H groups in total. The van der Waals surface area contributed by atoms with E-state index in [1.807, 2.05) is 6.92 Å². The van der Waals surface area contributed by atoms with Crippen molar-refractivity contribution in [3.8, 4) is 0 Å². The lowest BCUT2D eigenvalue weighted by molar-refractivity contribution is 0.0608. The lowest BCUT2D eigenvalue weighted by Gasteiger charge is -2.05. The summed E-state index contributed by atoms with van der Waals surface area (Å²) in [6.45, 7) is 5.91. The number of carbonyl (C=O) groups is 1. The maximum Gasteiger partial charge on any atom is 0.348 e. The zero-order valence-corrected chi connectivity index (χ0v) is 11.3. The Kier molecular flexibility index (Phi) is 3.66. The highest BCUT2D eigenvalue weighted by Crippen LogP contribution is 2.22. The van der Waals surface area contributed by atoms with Gasteiger partial charge in [-0.3, -0.25) is 4.79 Å². The average molecular weight is 280 g/mol. The number of hydrogen-bond donors (Lipinski definition) is 1. The minimum Gasteiger partial charge on any atom is -0.491 e. The first-order valence-corrected chi connectivity index (χ1v) is 6.38. The molecular weight excluding hydrogens is 268 g/mol. The summed E-state index contributed by atoms with van der Waals surface area (Å²) in [5, 5.41) is 1.85. The van der Waals surface area contributed by atoms with E-state index in [2.05, 4.69) is 21.3 Å². The quantitative estimate of drug-likeness (QED) is 0.682. The number of hydrogen-bond acceptors (Lipinski definition) is 6. The molecule has 6 nitrogen and oxygen atoms in total. The molecule has 2 aromatic rings. The van der Waals surface area contributed by atoms with Gasteiger partial charge in [0, 0.05) is 5.38 Å². The number of ether oxygens (including phenoxy) is 2. The Labute approximate surface area is 112 Å². The predicted octanol–water partition coefficient (Wildman–Crippen LogP) is 1.78. The molecule has 0 aliphatic carbocycles. The van der Waals surface area contributed by atoms with Crippen LogP contribution in [-0.4, -0.2) is 29.7 Å². The van der Waals surface area contributed by atoms with E-state index in [1.54, 1.807) is 5.38 Å². The molecule has 2 rings (SSSR count). The van der Waals surface area contributed by atoms with Crippen LogP contribution in [0.25, 0.3) is 16.7 Å². The molecule has 0 aliphatic rings. The molecule has 7 heteroatoms. The highest BCUT2D eigenvalue weighted by Gasteiger charge is 2.18. The van der Waals surface area contributed by atoms with Gasteiger partial charge in [0.05, 0.1) is 24.6 Å². The second kappa shape index (κ2) is 5.23. The highest BCUT2D eigenvalue weighted by atomic mass is 32.1. The van der Waals surface area contributed by atoms with Gasteiger partial charge in [-0.25, -0.2) is 9.78 Å². The summed E-state index contributed by atoms with van der Waals surface area (Å²) in [6.07, 6.45) is 0. The van der Waals surface area contributed by atoms with Crippen LogP contribution in [0.1, 0.15) is 22.4 Å². The molecule has 0 atom stereocenters. The van der Waals surface area contributed by atoms with Crippen LogP contribution >= 0.6 is 11.3 Å². The summed E-state index contributed by atoms with van der Waals surface area (Å²) in [7, 11) is 1.26. The van der Waals surface area contributed by atoms with Crippen molar-refractivity contribution in [2.24, 2.45) is 0 Å². The number of esters is 1. The number of H-pyrrole nitrogens is 1. The standard InChI is InChI=1S/C12H12N2O4S/c1-4-18-6(2)10-13-7-5-19-9(12(16)17-3)8(7)11(15)14-10/h5H,2,4H2,1,3H3,(H,13,14,15). The number of nitrogens with one attached hydrogen (secondary N) is 1. The molecule has 0 fully saturated rings. The SMILES string of the molecule is C=C(OCC)c1nc2csc(C(=O)OC)c2c(=O)[nH]1. The van der Waals surface area contributed by atoms with Gasteiger partial charge in [-0.2, -0.15) is 0 Å². The monoisotopic (exact) mass is 280 g/mol. The highest BCUT2D eigenvalue weighted by molar-refractivity contribution is 7.13. The largest absolute Gasteiger partial charge is 0.491 e. The van der Waals surface area contributed by atoms with E-state index in [-0.39, 0.29) is 21.8 Å². The number of thiophene rings is 1. The minimum atomic E-state index is -0.552. The number of carbonyl (C=O) groups excluding carboxylic acids is 1. The van der Waals surface area contributed by atoms with Crippen molar-refractivity contribution in [1.82, 2.24) is 9.97 Å². The average Bonchev–Trinajstić information content (AvgIpc) is 2.82. The third-order valence-electron chi connectivity index (χ3n) is 2.42. The van der Waals surface area contributed by atoms with Gasteiger partial charge in [-0.1, -0.05) is 6.58 Å². The van der Waals surface area contributed by atoms with E-state index in [4.69, 9.17) is 4.74 Å². The van der Waals surface area contributed by atoms with Crippen LogP contribution in [0.5, 0.6) is 0 Å². The van der Waals surface area contributed by atoms with Crippen LogP contribution in [0.2, 0.25) is 0 Å². The zero-order chi connectivity index (χ0) is 14.0. The second-order valence-corrected chi connectivity index (χ2v) is 4.47. The molecule has 0 amide bonds. The van der Waals surface area contributed by atoms with Gasteiger partial charge in [0.25, 0.3) is 5.56 Å². The summed E-state index contributed by atoms with van der Waals surface area (Å²) < 4.78 is 9.81. The van der Waals surface area contributed by atoms with Crippen molar-refractivity contribution >= 4 is 34.0 Å². The van der Waals surface area contributed by atoms with Crippen molar-refractivity contribution in [2.75, 3.05) is 13.7 Å². The molecule has 2 aromatic heterocycles. The van der Waals surface area contributed by atoms with Crippen LogP contribution in [0.4, 0.5) is 0 Å². The Bertz CT molecular complexity index is 701. The summed E-state index contributed by atoms with van der Waals surface area (Å²) in [5.41, 5.74) is 0.00695. The molecule has 0 saturated heterocycles. The first-order chi connectivity index (χ1) is 9.08. The van der Waals surface area contributed by atoms with Gasteiger partial charge in [-0.15, -0.1) is 11.3 Å². The summed E-state index contributed by atoms with van der Waals surface area (Å²) >= 11 is 1.12. The molecule has 0 unspecified atom stereocenters. The third kappa shape index (κ3) is 2.37. The smallest absolute Gasteiger partial charge is 0.348 e. The Hall–Kier alpha value is -2.15. The van der Waals surface area contributed by atoms with Crippen LogP contribution < -0.4 is 5.56 Å². The molecule has 100 valence electrons. The first kappa shape index (κ1) is 13.3. The number of aromatic nitrogens is 2. The molecular formula is C12H12N2O4S. The number of aromatic amines is 1. The maximum absolute atomic E-state index is 12.0. The van der Waals surface area contributed by atoms with Crippen molar-refractivity contribution in [2.45, 2.75) is 6.92 Å². The topological polar surface area (TPSA) is 81.3 Å². The first-order valence-electron chi connectivity index (χ1n) is 5.50. The van der Waals surface area contributed by atoms with Crippen molar-refractivity contribution < 1.29 is 14.3 Å². The molecule has 19 heavy (non-hydrogen) atoms. The van der Waals surface area contributed by atoms with Gasteiger partial charge in [0.1, 0.15) is 4.88 Å². The third-order valence-corrected chi connectivity index (χ3v) is 3.36. The van der Waals surface area contributed by atoms with Gasteiger partial charge in [0.15, 0.2) is 11.6 Å². The van der Waals surface area contributed by atoms with Crippen LogP contribution in [-0.2, 0) is 9.47 Å². The fourth-order valence-corrected chi connectivity index (χ4v) is 2.48.